The van der Waals surface area contributed by atoms with Crippen molar-refractivity contribution in [2.45, 2.75) is 32.2 Å². The first-order valence-electron chi connectivity index (χ1n) is 6.53. The van der Waals surface area contributed by atoms with Gasteiger partial charge in [0.15, 0.2) is 0 Å². The third-order valence-corrected chi connectivity index (χ3v) is 3.42. The third kappa shape index (κ3) is 2.51. The number of hydrogen-bond acceptors (Lipinski definition) is 2. The fourth-order valence-corrected chi connectivity index (χ4v) is 2.50. The fourth-order valence-electron chi connectivity index (χ4n) is 2.50. The highest BCUT2D eigenvalue weighted by atomic mass is 16.5. The number of ether oxygens (including phenoxy) is 1. The monoisotopic (exact) mass is 246 g/mol. The van der Waals surface area contributed by atoms with Gasteiger partial charge in [-0.2, -0.15) is 0 Å². The van der Waals surface area contributed by atoms with Crippen molar-refractivity contribution in [3.63, 3.8) is 0 Å². The fraction of sp³-hybridized carbons (Fsp3) is 0.467. The minimum absolute atomic E-state index is 0.242. The molecular weight excluding hydrogens is 224 g/mol. The van der Waals surface area contributed by atoms with Crippen LogP contribution in [0.15, 0.2) is 24.4 Å². The largest absolute Gasteiger partial charge is 0.497 e. The zero-order valence-corrected chi connectivity index (χ0v) is 11.4. The van der Waals surface area contributed by atoms with Crippen LogP contribution in [0.5, 0.6) is 5.75 Å². The molecule has 1 atom stereocenters. The smallest absolute Gasteiger partial charge is 0.119 e. The van der Waals surface area contributed by atoms with Gasteiger partial charge in [-0.25, -0.2) is 0 Å². The molecule has 1 heterocycles. The molecule has 0 bridgehead atoms. The van der Waals surface area contributed by atoms with Gasteiger partial charge in [0.05, 0.1) is 7.11 Å². The highest BCUT2D eigenvalue weighted by molar-refractivity contribution is 5.85. The molecule has 0 saturated carbocycles. The Hall–Kier alpha value is -1.48. The quantitative estimate of drug-likeness (QED) is 0.881. The summed E-state index contributed by atoms with van der Waals surface area (Å²) in [7, 11) is 3.77. The molecule has 2 aromatic rings. The summed E-state index contributed by atoms with van der Waals surface area (Å²) in [6, 6.07) is 6.44. The minimum Gasteiger partial charge on any atom is -0.497 e. The summed E-state index contributed by atoms with van der Waals surface area (Å²) in [6.45, 7) is 2.17. The zero-order valence-electron chi connectivity index (χ0n) is 11.4. The normalized spacial score (nSPS) is 12.9. The van der Waals surface area contributed by atoms with Crippen LogP contribution in [-0.4, -0.2) is 17.7 Å². The molecule has 1 unspecified atom stereocenters. The van der Waals surface area contributed by atoms with Crippen LogP contribution in [0.1, 0.15) is 25.3 Å². The minimum atomic E-state index is 0.242. The number of nitrogens with zero attached hydrogens (tertiary/aromatic N) is 1. The lowest BCUT2D eigenvalue weighted by Crippen LogP contribution is -2.22. The number of nitrogens with two attached hydrogens (primary N) is 1. The van der Waals surface area contributed by atoms with Crippen LogP contribution in [0.2, 0.25) is 0 Å². The van der Waals surface area contributed by atoms with Gasteiger partial charge in [0.2, 0.25) is 0 Å². The highest BCUT2D eigenvalue weighted by Gasteiger charge is 2.11. The molecule has 2 rings (SSSR count). The number of aromatic nitrogens is 1. The SMILES string of the molecule is CCCC(N)Cc1cn(C)c2ccc(OC)cc12. The van der Waals surface area contributed by atoms with Gasteiger partial charge < -0.3 is 15.0 Å². The van der Waals surface area contributed by atoms with Crippen molar-refractivity contribution in [2.24, 2.45) is 12.8 Å². The summed E-state index contributed by atoms with van der Waals surface area (Å²) >= 11 is 0. The van der Waals surface area contributed by atoms with E-state index < -0.39 is 0 Å². The van der Waals surface area contributed by atoms with Crippen molar-refractivity contribution < 1.29 is 4.74 Å². The Morgan fingerprint density at radius 1 is 1.39 bits per heavy atom. The van der Waals surface area contributed by atoms with Gasteiger partial charge in [-0.1, -0.05) is 13.3 Å². The molecule has 0 radical (unpaired) electrons. The van der Waals surface area contributed by atoms with E-state index in [9.17, 15) is 0 Å². The Bertz CT molecular complexity index is 531. The lowest BCUT2D eigenvalue weighted by Gasteiger charge is -2.09. The van der Waals surface area contributed by atoms with Crippen LogP contribution in [0.25, 0.3) is 10.9 Å². The van der Waals surface area contributed by atoms with Crippen molar-refractivity contribution in [1.82, 2.24) is 4.57 Å². The maximum absolute atomic E-state index is 6.15. The number of methoxy groups -OCH3 is 1. The molecule has 18 heavy (non-hydrogen) atoms. The van der Waals surface area contributed by atoms with Crippen LogP contribution in [-0.2, 0) is 13.5 Å². The van der Waals surface area contributed by atoms with Crippen molar-refractivity contribution in [3.05, 3.63) is 30.0 Å². The van der Waals surface area contributed by atoms with Gasteiger partial charge in [0, 0.05) is 30.2 Å². The van der Waals surface area contributed by atoms with Gasteiger partial charge >= 0.3 is 0 Å². The van der Waals surface area contributed by atoms with E-state index in [-0.39, 0.29) is 6.04 Å². The topological polar surface area (TPSA) is 40.2 Å². The molecule has 0 aliphatic carbocycles. The summed E-state index contributed by atoms with van der Waals surface area (Å²) in [6.07, 6.45) is 5.31. The summed E-state index contributed by atoms with van der Waals surface area (Å²) < 4.78 is 7.45. The molecule has 3 nitrogen and oxygen atoms in total. The van der Waals surface area contributed by atoms with E-state index in [1.807, 2.05) is 6.07 Å². The Kier molecular flexibility index (Phi) is 3.92. The van der Waals surface area contributed by atoms with Crippen LogP contribution in [0.4, 0.5) is 0 Å². The van der Waals surface area contributed by atoms with Gasteiger partial charge in [-0.15, -0.1) is 0 Å². The Balaban J connectivity index is 2.37. The molecule has 1 aromatic heterocycles. The van der Waals surface area contributed by atoms with Gasteiger partial charge in [-0.05, 0) is 36.6 Å². The number of hydrogen-bond donors (Lipinski definition) is 1. The average Bonchev–Trinajstić information content (AvgIpc) is 2.66. The second-order valence-electron chi connectivity index (χ2n) is 4.90. The average molecular weight is 246 g/mol. The van der Waals surface area contributed by atoms with Crippen molar-refractivity contribution >= 4 is 10.9 Å². The Morgan fingerprint density at radius 2 is 2.17 bits per heavy atom. The maximum Gasteiger partial charge on any atom is 0.119 e. The van der Waals surface area contributed by atoms with Gasteiger partial charge in [-0.3, -0.25) is 0 Å². The first kappa shape index (κ1) is 13.0. The third-order valence-electron chi connectivity index (χ3n) is 3.42. The Labute approximate surface area is 109 Å². The molecular formula is C15H22N2O. The molecule has 2 N–H and O–H groups in total. The van der Waals surface area contributed by atoms with E-state index >= 15 is 0 Å². The maximum atomic E-state index is 6.15. The van der Waals surface area contributed by atoms with Gasteiger partial charge in [0.1, 0.15) is 5.75 Å². The molecule has 0 aliphatic heterocycles. The molecule has 0 spiro atoms. The van der Waals surface area contributed by atoms with E-state index in [1.54, 1.807) is 7.11 Å². The number of rotatable bonds is 5. The summed E-state index contributed by atoms with van der Waals surface area (Å²) in [5.74, 6) is 0.902. The first-order valence-corrected chi connectivity index (χ1v) is 6.53. The summed E-state index contributed by atoms with van der Waals surface area (Å²) in [4.78, 5) is 0. The molecule has 3 heteroatoms. The van der Waals surface area contributed by atoms with Crippen molar-refractivity contribution in [3.8, 4) is 5.75 Å². The molecule has 0 aliphatic rings. The van der Waals surface area contributed by atoms with E-state index in [0.29, 0.717) is 0 Å². The number of aryl methyl sites for hydroxylation is 1. The van der Waals surface area contributed by atoms with Gasteiger partial charge in [0.25, 0.3) is 0 Å². The van der Waals surface area contributed by atoms with Crippen molar-refractivity contribution in [2.75, 3.05) is 7.11 Å². The lowest BCUT2D eigenvalue weighted by atomic mass is 10.0. The molecule has 0 fully saturated rings. The van der Waals surface area contributed by atoms with Crippen molar-refractivity contribution in [1.29, 1.82) is 0 Å². The van der Waals surface area contributed by atoms with E-state index in [2.05, 4.69) is 36.9 Å². The second-order valence-corrected chi connectivity index (χ2v) is 4.90. The first-order chi connectivity index (χ1) is 8.65. The molecule has 1 aromatic carbocycles. The predicted molar refractivity (Wildman–Crippen MR) is 76.1 cm³/mol. The zero-order chi connectivity index (χ0) is 13.1. The van der Waals surface area contributed by atoms with E-state index in [4.69, 9.17) is 10.5 Å². The predicted octanol–water partition coefficient (Wildman–Crippen LogP) is 2.86. The van der Waals surface area contributed by atoms with Crippen LogP contribution >= 0.6 is 0 Å². The van der Waals surface area contributed by atoms with E-state index in [0.717, 1.165) is 25.0 Å². The van der Waals surface area contributed by atoms with Crippen LogP contribution in [0.3, 0.4) is 0 Å². The summed E-state index contributed by atoms with van der Waals surface area (Å²) in [5, 5.41) is 1.25. The molecule has 0 saturated heterocycles. The van der Waals surface area contributed by atoms with E-state index in [1.165, 1.54) is 16.5 Å². The summed E-state index contributed by atoms with van der Waals surface area (Å²) in [5.41, 5.74) is 8.69. The molecule has 0 amide bonds. The van der Waals surface area contributed by atoms with Crippen LogP contribution in [0, 0.1) is 0 Å². The number of fused-ring (bicyclic) bond motifs is 1. The number of benzene rings is 1. The molecule has 98 valence electrons. The lowest BCUT2D eigenvalue weighted by molar-refractivity contribution is 0.415. The highest BCUT2D eigenvalue weighted by Crippen LogP contribution is 2.26. The second kappa shape index (κ2) is 5.44. The Morgan fingerprint density at radius 3 is 2.83 bits per heavy atom. The standard InChI is InChI=1S/C15H22N2O/c1-4-5-12(16)8-11-10-17(2)15-7-6-13(18-3)9-14(11)15/h6-7,9-10,12H,4-5,8,16H2,1-3H3. The van der Waals surface area contributed by atoms with Crippen LogP contribution < -0.4 is 10.5 Å².